The molecule has 0 aliphatic rings. The molecule has 1 heterocycles. The van der Waals surface area contributed by atoms with E-state index in [1.54, 1.807) is 19.2 Å². The van der Waals surface area contributed by atoms with Crippen LogP contribution in [-0.4, -0.2) is 23.2 Å². The Hall–Kier alpha value is -2.08. The summed E-state index contributed by atoms with van der Waals surface area (Å²) >= 11 is 3.39. The Balaban J connectivity index is 2.14. The number of rotatable bonds is 5. The maximum absolute atomic E-state index is 10.9. The summed E-state index contributed by atoms with van der Waals surface area (Å²) in [7, 11) is 1.59. The van der Waals surface area contributed by atoms with E-state index in [1.165, 1.54) is 6.07 Å². The van der Waals surface area contributed by atoms with E-state index in [9.17, 15) is 4.79 Å². The second-order valence-corrected chi connectivity index (χ2v) is 4.93. The predicted molar refractivity (Wildman–Crippen MR) is 79.2 cm³/mol. The number of benzene rings is 1. The molecule has 2 rings (SSSR count). The summed E-state index contributed by atoms with van der Waals surface area (Å²) < 4.78 is 6.18. The van der Waals surface area contributed by atoms with Gasteiger partial charge in [0.25, 0.3) is 0 Å². The molecule has 0 fully saturated rings. The van der Waals surface area contributed by atoms with Crippen LogP contribution in [0.5, 0.6) is 5.75 Å². The molecule has 6 heteroatoms. The van der Waals surface area contributed by atoms with E-state index in [0.717, 1.165) is 10.2 Å². The smallest absolute Gasteiger partial charge is 0.354 e. The topological polar surface area (TPSA) is 71.5 Å². The number of hydrogen-bond donors (Lipinski definition) is 2. The lowest BCUT2D eigenvalue weighted by molar-refractivity contribution is 0.0690. The molecule has 0 spiro atoms. The third kappa shape index (κ3) is 3.48. The lowest BCUT2D eigenvalue weighted by Gasteiger charge is -2.11. The van der Waals surface area contributed by atoms with E-state index in [2.05, 4.69) is 26.2 Å². The molecule has 2 N–H and O–H groups in total. The predicted octanol–water partition coefficient (Wildman–Crippen LogP) is 3.16. The van der Waals surface area contributed by atoms with E-state index in [-0.39, 0.29) is 5.69 Å². The molecule has 0 atom stereocenters. The van der Waals surface area contributed by atoms with Gasteiger partial charge in [-0.05, 0) is 30.3 Å². The largest absolute Gasteiger partial charge is 0.495 e. The second-order valence-electron chi connectivity index (χ2n) is 4.02. The fourth-order valence-corrected chi connectivity index (χ4v) is 2.06. The zero-order valence-electron chi connectivity index (χ0n) is 10.8. The van der Waals surface area contributed by atoms with E-state index < -0.39 is 5.97 Å². The summed E-state index contributed by atoms with van der Waals surface area (Å²) in [5.41, 5.74) is 1.49. The Morgan fingerprint density at radius 3 is 2.90 bits per heavy atom. The number of hydrogen-bond acceptors (Lipinski definition) is 4. The minimum atomic E-state index is -1.04. The third-order valence-electron chi connectivity index (χ3n) is 2.65. The molecule has 0 saturated heterocycles. The van der Waals surface area contributed by atoms with Crippen molar-refractivity contribution >= 4 is 27.6 Å². The van der Waals surface area contributed by atoms with Crippen molar-refractivity contribution in [3.05, 3.63) is 52.3 Å². The Morgan fingerprint density at radius 2 is 2.20 bits per heavy atom. The van der Waals surface area contributed by atoms with Crippen LogP contribution in [0.4, 0.5) is 5.69 Å². The molecule has 0 unspecified atom stereocenters. The number of halogens is 1. The lowest BCUT2D eigenvalue weighted by Crippen LogP contribution is -2.07. The lowest BCUT2D eigenvalue weighted by atomic mass is 10.2. The van der Waals surface area contributed by atoms with Crippen LogP contribution in [0.25, 0.3) is 0 Å². The van der Waals surface area contributed by atoms with Gasteiger partial charge in [0.15, 0.2) is 0 Å². The zero-order valence-corrected chi connectivity index (χ0v) is 12.3. The van der Waals surface area contributed by atoms with Gasteiger partial charge in [0.1, 0.15) is 11.4 Å². The minimum absolute atomic E-state index is 0.0329. The van der Waals surface area contributed by atoms with Crippen molar-refractivity contribution in [1.29, 1.82) is 0 Å². The van der Waals surface area contributed by atoms with E-state index in [4.69, 9.17) is 9.84 Å². The number of ether oxygens (including phenoxy) is 1. The second kappa shape index (κ2) is 6.38. The highest BCUT2D eigenvalue weighted by atomic mass is 79.9. The van der Waals surface area contributed by atoms with Crippen LogP contribution in [0, 0.1) is 0 Å². The maximum atomic E-state index is 10.9. The molecule has 20 heavy (non-hydrogen) atoms. The van der Waals surface area contributed by atoms with Crippen LogP contribution in [0.2, 0.25) is 0 Å². The molecule has 5 nitrogen and oxygen atoms in total. The van der Waals surface area contributed by atoms with Crippen LogP contribution in [-0.2, 0) is 6.54 Å². The quantitative estimate of drug-likeness (QED) is 0.877. The van der Waals surface area contributed by atoms with Crippen LogP contribution in [0.15, 0.2) is 40.9 Å². The number of methoxy groups -OCH3 is 1. The van der Waals surface area contributed by atoms with Gasteiger partial charge in [-0.2, -0.15) is 0 Å². The Morgan fingerprint density at radius 1 is 1.40 bits per heavy atom. The summed E-state index contributed by atoms with van der Waals surface area (Å²) in [5, 5.41) is 12.1. The van der Waals surface area contributed by atoms with Gasteiger partial charge < -0.3 is 15.2 Å². The normalized spacial score (nSPS) is 10.1. The Kier molecular flexibility index (Phi) is 4.57. The highest BCUT2D eigenvalue weighted by Crippen LogP contribution is 2.28. The number of nitrogens with one attached hydrogen (secondary N) is 1. The number of nitrogens with zero attached hydrogens (tertiary/aromatic N) is 1. The highest BCUT2D eigenvalue weighted by molar-refractivity contribution is 9.10. The molecule has 0 aliphatic carbocycles. The van der Waals surface area contributed by atoms with E-state index in [1.807, 2.05) is 18.2 Å². The summed E-state index contributed by atoms with van der Waals surface area (Å²) in [5.74, 6) is -0.325. The molecular weight excluding hydrogens is 324 g/mol. The average Bonchev–Trinajstić information content (AvgIpc) is 2.45. The Bertz CT molecular complexity index is 632. The van der Waals surface area contributed by atoms with Crippen molar-refractivity contribution in [2.45, 2.75) is 6.54 Å². The van der Waals surface area contributed by atoms with Crippen LogP contribution in [0.3, 0.4) is 0 Å². The van der Waals surface area contributed by atoms with Crippen molar-refractivity contribution in [1.82, 2.24) is 4.98 Å². The fourth-order valence-electron chi connectivity index (χ4n) is 1.70. The van der Waals surface area contributed by atoms with Gasteiger partial charge in [-0.1, -0.05) is 22.0 Å². The molecule has 1 aromatic carbocycles. The first-order valence-electron chi connectivity index (χ1n) is 5.87. The molecule has 1 aromatic heterocycles. The molecule has 0 aliphatic heterocycles. The van der Waals surface area contributed by atoms with Crippen molar-refractivity contribution in [2.24, 2.45) is 0 Å². The van der Waals surface area contributed by atoms with Crippen LogP contribution >= 0.6 is 15.9 Å². The van der Waals surface area contributed by atoms with Gasteiger partial charge >= 0.3 is 5.97 Å². The molecule has 0 amide bonds. The summed E-state index contributed by atoms with van der Waals surface area (Å²) in [6.07, 6.45) is 0. The van der Waals surface area contributed by atoms with Gasteiger partial charge in [-0.15, -0.1) is 0 Å². The highest BCUT2D eigenvalue weighted by Gasteiger charge is 2.07. The van der Waals surface area contributed by atoms with Gasteiger partial charge in [0, 0.05) is 4.47 Å². The van der Waals surface area contributed by atoms with Gasteiger partial charge in [0.2, 0.25) is 0 Å². The van der Waals surface area contributed by atoms with Gasteiger partial charge in [-0.25, -0.2) is 9.78 Å². The zero-order chi connectivity index (χ0) is 14.5. The monoisotopic (exact) mass is 336 g/mol. The van der Waals surface area contributed by atoms with Crippen molar-refractivity contribution in [3.63, 3.8) is 0 Å². The summed E-state index contributed by atoms with van der Waals surface area (Å²) in [4.78, 5) is 14.9. The molecule has 0 saturated carbocycles. The van der Waals surface area contributed by atoms with Crippen LogP contribution < -0.4 is 10.1 Å². The maximum Gasteiger partial charge on any atom is 0.354 e. The summed E-state index contributed by atoms with van der Waals surface area (Å²) in [6, 6.07) is 10.5. The minimum Gasteiger partial charge on any atom is -0.495 e. The fraction of sp³-hybridized carbons (Fsp3) is 0.143. The van der Waals surface area contributed by atoms with E-state index in [0.29, 0.717) is 18.0 Å². The average molecular weight is 337 g/mol. The summed E-state index contributed by atoms with van der Waals surface area (Å²) in [6.45, 7) is 0.411. The van der Waals surface area contributed by atoms with Gasteiger partial charge in [-0.3, -0.25) is 0 Å². The van der Waals surface area contributed by atoms with Crippen molar-refractivity contribution < 1.29 is 14.6 Å². The number of carbonyl (C=O) groups is 1. The van der Waals surface area contributed by atoms with Gasteiger partial charge in [0.05, 0.1) is 25.0 Å². The molecule has 0 radical (unpaired) electrons. The number of carboxylic acid groups (broad SMARTS) is 1. The first-order chi connectivity index (χ1) is 9.60. The molecule has 0 bridgehead atoms. The standard InChI is InChI=1S/C14H13BrN2O3/c1-20-13-6-5-9(15)7-12(13)16-8-10-3-2-4-11(17-10)14(18)19/h2-7,16H,8H2,1H3,(H,18,19). The number of pyridine rings is 1. The van der Waals surface area contributed by atoms with Crippen molar-refractivity contribution in [2.75, 3.05) is 12.4 Å². The molecule has 2 aromatic rings. The third-order valence-corrected chi connectivity index (χ3v) is 3.14. The number of carboxylic acids is 1. The molecule has 104 valence electrons. The van der Waals surface area contributed by atoms with Crippen molar-refractivity contribution in [3.8, 4) is 5.75 Å². The SMILES string of the molecule is COc1ccc(Br)cc1NCc1cccc(C(=O)O)n1. The number of aromatic nitrogens is 1. The number of anilines is 1. The van der Waals surface area contributed by atoms with E-state index >= 15 is 0 Å². The Labute approximate surface area is 124 Å². The number of aromatic carboxylic acids is 1. The first kappa shape index (κ1) is 14.3. The molecular formula is C14H13BrN2O3. The van der Waals surface area contributed by atoms with Crippen LogP contribution in [0.1, 0.15) is 16.2 Å². The first-order valence-corrected chi connectivity index (χ1v) is 6.66.